The summed E-state index contributed by atoms with van der Waals surface area (Å²) in [6.45, 7) is 1.94. The van der Waals surface area contributed by atoms with Crippen molar-refractivity contribution in [1.82, 2.24) is 0 Å². The third-order valence-electron chi connectivity index (χ3n) is 5.31. The molecule has 0 N–H and O–H groups in total. The summed E-state index contributed by atoms with van der Waals surface area (Å²) in [4.78, 5) is 32.6. The fourth-order valence-electron chi connectivity index (χ4n) is 4.85. The number of rotatable bonds is 6. The van der Waals surface area contributed by atoms with E-state index >= 15 is 0 Å². The number of carbonyl (C=O) groups is 2. The summed E-state index contributed by atoms with van der Waals surface area (Å²) in [5, 5.41) is 0. The van der Waals surface area contributed by atoms with Gasteiger partial charge in [0.2, 0.25) is 0 Å². The predicted octanol–water partition coefficient (Wildman–Crippen LogP) is 2.63. The van der Waals surface area contributed by atoms with Gasteiger partial charge in [0, 0.05) is 6.42 Å². The SMILES string of the molecule is CCC(=O)OOCCOC(=O)C12CC3CC(CC(C3)C1)C2. The fourth-order valence-corrected chi connectivity index (χ4v) is 4.85. The second kappa shape index (κ2) is 5.95. The number of hydrogen-bond acceptors (Lipinski definition) is 5. The summed E-state index contributed by atoms with van der Waals surface area (Å²) in [7, 11) is 0. The average Bonchev–Trinajstić information content (AvgIpc) is 2.45. The van der Waals surface area contributed by atoms with Crippen molar-refractivity contribution in [3.8, 4) is 0 Å². The molecule has 4 rings (SSSR count). The highest BCUT2D eigenvalue weighted by molar-refractivity contribution is 5.77. The fraction of sp³-hybridized carbons (Fsp3) is 0.875. The van der Waals surface area contributed by atoms with Crippen molar-refractivity contribution >= 4 is 11.9 Å². The first-order valence-corrected chi connectivity index (χ1v) is 8.11. The van der Waals surface area contributed by atoms with E-state index in [4.69, 9.17) is 9.62 Å². The third kappa shape index (κ3) is 3.07. The van der Waals surface area contributed by atoms with E-state index in [1.807, 2.05) is 0 Å². The highest BCUT2D eigenvalue weighted by atomic mass is 17.2. The lowest BCUT2D eigenvalue weighted by atomic mass is 9.49. The van der Waals surface area contributed by atoms with Crippen molar-refractivity contribution < 1.29 is 24.1 Å². The van der Waals surface area contributed by atoms with Crippen LogP contribution in [-0.2, 0) is 24.1 Å². The van der Waals surface area contributed by atoms with E-state index in [2.05, 4.69) is 4.89 Å². The van der Waals surface area contributed by atoms with Crippen LogP contribution in [0.2, 0.25) is 0 Å². The summed E-state index contributed by atoms with van der Waals surface area (Å²) in [5.41, 5.74) is -0.227. The molecule has 4 bridgehead atoms. The van der Waals surface area contributed by atoms with Crippen LogP contribution in [0.25, 0.3) is 0 Å². The monoisotopic (exact) mass is 296 g/mol. The van der Waals surface area contributed by atoms with Crippen molar-refractivity contribution in [2.24, 2.45) is 23.2 Å². The van der Waals surface area contributed by atoms with Gasteiger partial charge in [-0.3, -0.25) is 9.68 Å². The van der Waals surface area contributed by atoms with Crippen LogP contribution in [0.4, 0.5) is 0 Å². The molecule has 0 aliphatic heterocycles. The lowest BCUT2D eigenvalue weighted by Crippen LogP contribution is -2.50. The Morgan fingerprint density at radius 2 is 1.57 bits per heavy atom. The predicted molar refractivity (Wildman–Crippen MR) is 73.9 cm³/mol. The van der Waals surface area contributed by atoms with Crippen LogP contribution in [0.3, 0.4) is 0 Å². The number of ether oxygens (including phenoxy) is 1. The largest absolute Gasteiger partial charge is 0.463 e. The van der Waals surface area contributed by atoms with Crippen LogP contribution in [0.15, 0.2) is 0 Å². The molecule has 0 aromatic rings. The second-order valence-corrected chi connectivity index (χ2v) is 6.96. The molecule has 0 heterocycles. The minimum atomic E-state index is -0.414. The normalized spacial score (nSPS) is 36.5. The molecule has 0 aromatic heterocycles. The number of carbonyl (C=O) groups excluding carboxylic acids is 2. The van der Waals surface area contributed by atoms with Gasteiger partial charge in [0.1, 0.15) is 13.2 Å². The molecular weight excluding hydrogens is 272 g/mol. The van der Waals surface area contributed by atoms with E-state index in [9.17, 15) is 9.59 Å². The van der Waals surface area contributed by atoms with Gasteiger partial charge in [0.05, 0.1) is 5.41 Å². The van der Waals surface area contributed by atoms with Gasteiger partial charge in [-0.25, -0.2) is 4.79 Å². The Morgan fingerprint density at radius 1 is 1.00 bits per heavy atom. The Morgan fingerprint density at radius 3 is 2.10 bits per heavy atom. The van der Waals surface area contributed by atoms with Crippen LogP contribution in [0, 0.1) is 23.2 Å². The maximum Gasteiger partial charge on any atom is 0.342 e. The highest BCUT2D eigenvalue weighted by Gasteiger charge is 2.55. The van der Waals surface area contributed by atoms with Gasteiger partial charge < -0.3 is 4.74 Å². The average molecular weight is 296 g/mol. The molecule has 4 saturated carbocycles. The van der Waals surface area contributed by atoms with Crippen LogP contribution >= 0.6 is 0 Å². The lowest BCUT2D eigenvalue weighted by Gasteiger charge is -2.55. The maximum atomic E-state index is 12.5. The molecule has 0 radical (unpaired) electrons. The van der Waals surface area contributed by atoms with Crippen LogP contribution in [-0.4, -0.2) is 25.2 Å². The molecule has 4 fully saturated rings. The molecule has 0 unspecified atom stereocenters. The Kier molecular flexibility index (Phi) is 4.20. The van der Waals surface area contributed by atoms with Crippen molar-refractivity contribution in [2.75, 3.05) is 13.2 Å². The minimum absolute atomic E-state index is 0.0629. The zero-order valence-corrected chi connectivity index (χ0v) is 12.6. The van der Waals surface area contributed by atoms with Gasteiger partial charge in [-0.1, -0.05) is 6.92 Å². The number of hydrogen-bond donors (Lipinski definition) is 0. The van der Waals surface area contributed by atoms with Crippen LogP contribution in [0.5, 0.6) is 0 Å². The smallest absolute Gasteiger partial charge is 0.342 e. The highest BCUT2D eigenvalue weighted by Crippen LogP contribution is 2.60. The molecule has 118 valence electrons. The Bertz CT molecular complexity index is 382. The quantitative estimate of drug-likeness (QED) is 0.326. The van der Waals surface area contributed by atoms with Gasteiger partial charge in [-0.05, 0) is 56.3 Å². The molecule has 5 nitrogen and oxygen atoms in total. The van der Waals surface area contributed by atoms with E-state index < -0.39 is 5.97 Å². The zero-order valence-electron chi connectivity index (χ0n) is 12.6. The first-order chi connectivity index (χ1) is 10.1. The Labute approximate surface area is 125 Å². The summed E-state index contributed by atoms with van der Waals surface area (Å²) < 4.78 is 5.39. The third-order valence-corrected chi connectivity index (χ3v) is 5.31. The minimum Gasteiger partial charge on any atom is -0.463 e. The summed E-state index contributed by atoms with van der Waals surface area (Å²) in [6, 6.07) is 0. The first kappa shape index (κ1) is 14.8. The molecule has 0 amide bonds. The van der Waals surface area contributed by atoms with Crippen molar-refractivity contribution in [3.63, 3.8) is 0 Å². The molecule has 4 aliphatic carbocycles. The summed E-state index contributed by atoms with van der Waals surface area (Å²) in [5.74, 6) is 1.70. The van der Waals surface area contributed by atoms with E-state index in [0.717, 1.165) is 37.0 Å². The topological polar surface area (TPSA) is 61.8 Å². The molecule has 5 heteroatoms. The summed E-state index contributed by atoms with van der Waals surface area (Å²) in [6.07, 6.45) is 7.21. The van der Waals surface area contributed by atoms with Gasteiger partial charge in [0.15, 0.2) is 0 Å². The van der Waals surface area contributed by atoms with Crippen LogP contribution < -0.4 is 0 Å². The zero-order chi connectivity index (χ0) is 14.9. The molecule has 21 heavy (non-hydrogen) atoms. The van der Waals surface area contributed by atoms with Crippen LogP contribution in [0.1, 0.15) is 51.9 Å². The van der Waals surface area contributed by atoms with E-state index in [1.54, 1.807) is 6.92 Å². The molecule has 0 spiro atoms. The van der Waals surface area contributed by atoms with Crippen molar-refractivity contribution in [3.05, 3.63) is 0 Å². The van der Waals surface area contributed by atoms with Gasteiger partial charge >= 0.3 is 11.9 Å². The van der Waals surface area contributed by atoms with Gasteiger partial charge in [-0.15, -0.1) is 0 Å². The van der Waals surface area contributed by atoms with E-state index in [0.29, 0.717) is 0 Å². The Hall–Kier alpha value is -1.10. The van der Waals surface area contributed by atoms with Gasteiger partial charge in [-0.2, -0.15) is 4.89 Å². The number of esters is 1. The standard InChI is InChI=1S/C16H24O5/c1-2-14(17)21-20-4-3-19-15(18)16-8-11-5-12(9-16)7-13(6-11)10-16/h11-13H,2-10H2,1H3. The molecular formula is C16H24O5. The Balaban J connectivity index is 1.44. The molecule has 0 aromatic carbocycles. The first-order valence-electron chi connectivity index (χ1n) is 8.11. The lowest BCUT2D eigenvalue weighted by molar-refractivity contribution is -0.276. The molecule has 4 aliphatic rings. The van der Waals surface area contributed by atoms with Crippen molar-refractivity contribution in [2.45, 2.75) is 51.9 Å². The molecule has 0 saturated heterocycles. The van der Waals surface area contributed by atoms with Gasteiger partial charge in [0.25, 0.3) is 0 Å². The van der Waals surface area contributed by atoms with Crippen molar-refractivity contribution in [1.29, 1.82) is 0 Å². The summed E-state index contributed by atoms with van der Waals surface area (Å²) >= 11 is 0. The molecule has 0 atom stereocenters. The van der Waals surface area contributed by atoms with E-state index in [1.165, 1.54) is 19.3 Å². The second-order valence-electron chi connectivity index (χ2n) is 6.96. The maximum absolute atomic E-state index is 12.5. The van der Waals surface area contributed by atoms with E-state index in [-0.39, 0.29) is 31.0 Å².